The lowest BCUT2D eigenvalue weighted by molar-refractivity contribution is 0.0900. The Balaban J connectivity index is 1.40. The van der Waals surface area contributed by atoms with Crippen LogP contribution in [-0.2, 0) is 0 Å². The molecule has 1 N–H and O–H groups in total. The summed E-state index contributed by atoms with van der Waals surface area (Å²) in [7, 11) is 0. The number of aliphatic hydroxyl groups excluding tert-OH is 1. The minimum Gasteiger partial charge on any atom is -0.394 e. The molecular formula is C22H28N4O2. The third-order valence-electron chi connectivity index (χ3n) is 6.05. The number of carbonyl (C=O) groups is 1. The first-order valence-corrected chi connectivity index (χ1v) is 10.2. The van der Waals surface area contributed by atoms with Crippen molar-refractivity contribution in [2.45, 2.75) is 38.6 Å². The molecule has 3 heterocycles. The van der Waals surface area contributed by atoms with Crippen molar-refractivity contribution in [3.8, 4) is 0 Å². The lowest BCUT2D eigenvalue weighted by Gasteiger charge is -2.33. The van der Waals surface area contributed by atoms with E-state index >= 15 is 0 Å². The second-order valence-corrected chi connectivity index (χ2v) is 7.90. The number of ketones is 1. The van der Waals surface area contributed by atoms with Gasteiger partial charge in [-0.15, -0.1) is 0 Å². The highest BCUT2D eigenvalue weighted by atomic mass is 16.3. The van der Waals surface area contributed by atoms with E-state index in [1.807, 2.05) is 37.3 Å². The fourth-order valence-corrected chi connectivity index (χ4v) is 4.32. The van der Waals surface area contributed by atoms with Gasteiger partial charge in [0.1, 0.15) is 18.0 Å². The number of aromatic nitrogens is 2. The molecule has 1 aromatic heterocycles. The lowest BCUT2D eigenvalue weighted by Crippen LogP contribution is -2.37. The maximum atomic E-state index is 12.8. The Morgan fingerprint density at radius 1 is 1.07 bits per heavy atom. The van der Waals surface area contributed by atoms with Crippen LogP contribution in [0.25, 0.3) is 0 Å². The van der Waals surface area contributed by atoms with Crippen molar-refractivity contribution in [3.63, 3.8) is 0 Å². The van der Waals surface area contributed by atoms with Gasteiger partial charge in [-0.1, -0.05) is 29.8 Å². The van der Waals surface area contributed by atoms with Crippen molar-refractivity contribution in [3.05, 3.63) is 47.8 Å². The molecule has 0 aliphatic carbocycles. The zero-order valence-corrected chi connectivity index (χ0v) is 16.4. The number of anilines is 2. The molecule has 0 spiro atoms. The molecule has 1 atom stereocenters. The Morgan fingerprint density at radius 2 is 1.79 bits per heavy atom. The summed E-state index contributed by atoms with van der Waals surface area (Å²) in [6.07, 6.45) is 5.38. The second kappa shape index (κ2) is 8.27. The van der Waals surface area contributed by atoms with Crippen LogP contribution in [0.2, 0.25) is 0 Å². The maximum absolute atomic E-state index is 12.8. The van der Waals surface area contributed by atoms with E-state index in [0.29, 0.717) is 0 Å². The van der Waals surface area contributed by atoms with Gasteiger partial charge in [0.05, 0.1) is 12.6 Å². The molecule has 0 saturated carbocycles. The molecule has 6 heteroatoms. The average Bonchev–Trinajstić information content (AvgIpc) is 3.23. The molecule has 2 aromatic rings. The minimum atomic E-state index is 0.0811. The van der Waals surface area contributed by atoms with Crippen LogP contribution in [0.1, 0.15) is 41.6 Å². The van der Waals surface area contributed by atoms with E-state index in [4.69, 9.17) is 0 Å². The molecule has 1 unspecified atom stereocenters. The van der Waals surface area contributed by atoms with Crippen LogP contribution in [0.15, 0.2) is 36.7 Å². The summed E-state index contributed by atoms with van der Waals surface area (Å²) in [4.78, 5) is 26.1. The highest BCUT2D eigenvalue weighted by Crippen LogP contribution is 2.28. The van der Waals surface area contributed by atoms with Gasteiger partial charge in [-0.3, -0.25) is 4.79 Å². The van der Waals surface area contributed by atoms with Gasteiger partial charge in [-0.25, -0.2) is 9.97 Å². The second-order valence-electron chi connectivity index (χ2n) is 7.90. The molecule has 2 saturated heterocycles. The molecule has 1 aromatic carbocycles. The highest BCUT2D eigenvalue weighted by molar-refractivity contribution is 5.98. The fourth-order valence-electron chi connectivity index (χ4n) is 4.32. The SMILES string of the molecule is Cc1ccc(C(=O)C2CCN(c3cc(N4CCCC4CO)ncn3)CC2)cc1. The molecule has 28 heavy (non-hydrogen) atoms. The number of hydrogen-bond acceptors (Lipinski definition) is 6. The van der Waals surface area contributed by atoms with Crippen LogP contribution in [0.4, 0.5) is 11.6 Å². The molecule has 6 nitrogen and oxygen atoms in total. The van der Waals surface area contributed by atoms with Crippen LogP contribution < -0.4 is 9.80 Å². The fraction of sp³-hybridized carbons (Fsp3) is 0.500. The van der Waals surface area contributed by atoms with Gasteiger partial charge < -0.3 is 14.9 Å². The molecule has 4 rings (SSSR count). The normalized spacial score (nSPS) is 20.6. The number of nitrogens with zero attached hydrogens (tertiary/aromatic N) is 4. The van der Waals surface area contributed by atoms with E-state index in [1.165, 1.54) is 5.56 Å². The zero-order valence-electron chi connectivity index (χ0n) is 16.4. The van der Waals surface area contributed by atoms with Crippen LogP contribution >= 0.6 is 0 Å². The summed E-state index contributed by atoms with van der Waals surface area (Å²) >= 11 is 0. The molecule has 2 aliphatic heterocycles. The van der Waals surface area contributed by atoms with E-state index in [-0.39, 0.29) is 24.3 Å². The number of hydrogen-bond donors (Lipinski definition) is 1. The third-order valence-corrected chi connectivity index (χ3v) is 6.05. The van der Waals surface area contributed by atoms with Crippen LogP contribution in [0.3, 0.4) is 0 Å². The molecule has 0 bridgehead atoms. The van der Waals surface area contributed by atoms with Crippen molar-refractivity contribution in [1.29, 1.82) is 0 Å². The third kappa shape index (κ3) is 3.87. The number of aliphatic hydroxyl groups is 1. The van der Waals surface area contributed by atoms with Crippen LogP contribution in [0, 0.1) is 12.8 Å². The van der Waals surface area contributed by atoms with Gasteiger partial charge >= 0.3 is 0 Å². The maximum Gasteiger partial charge on any atom is 0.166 e. The quantitative estimate of drug-likeness (QED) is 0.805. The van der Waals surface area contributed by atoms with E-state index in [0.717, 1.165) is 62.5 Å². The van der Waals surface area contributed by atoms with Gasteiger partial charge in [-0.05, 0) is 32.6 Å². The Labute approximate surface area is 166 Å². The predicted molar refractivity (Wildman–Crippen MR) is 110 cm³/mol. The molecule has 0 radical (unpaired) electrons. The first-order valence-electron chi connectivity index (χ1n) is 10.2. The number of piperidine rings is 1. The molecule has 2 aliphatic rings. The van der Waals surface area contributed by atoms with E-state index < -0.39 is 0 Å². The summed E-state index contributed by atoms with van der Waals surface area (Å²) in [6, 6.07) is 10.1. The van der Waals surface area contributed by atoms with E-state index in [2.05, 4.69) is 19.8 Å². The van der Waals surface area contributed by atoms with Gasteiger partial charge in [0.25, 0.3) is 0 Å². The zero-order chi connectivity index (χ0) is 19.5. The van der Waals surface area contributed by atoms with Crippen LogP contribution in [0.5, 0.6) is 0 Å². The standard InChI is InChI=1S/C22H28N4O2/c1-16-4-6-17(7-5-16)22(28)18-8-11-25(12-9-18)20-13-21(24-15-23-20)26-10-2-3-19(26)14-27/h4-7,13,15,18-19,27H,2-3,8-12,14H2,1H3. The van der Waals surface area contributed by atoms with E-state index in [1.54, 1.807) is 6.33 Å². The Kier molecular flexibility index (Phi) is 5.57. The lowest BCUT2D eigenvalue weighted by atomic mass is 9.88. The average molecular weight is 380 g/mol. The van der Waals surface area contributed by atoms with Gasteiger partial charge in [-0.2, -0.15) is 0 Å². The van der Waals surface area contributed by atoms with Crippen molar-refractivity contribution in [2.75, 3.05) is 36.0 Å². The topological polar surface area (TPSA) is 69.6 Å². The number of Topliss-reactive ketones (excluding diaryl/α,β-unsaturated/α-hetero) is 1. The van der Waals surface area contributed by atoms with Gasteiger partial charge in [0.2, 0.25) is 0 Å². The van der Waals surface area contributed by atoms with Crippen molar-refractivity contribution >= 4 is 17.4 Å². The summed E-state index contributed by atoms with van der Waals surface area (Å²) in [5.41, 5.74) is 1.99. The van der Waals surface area contributed by atoms with E-state index in [9.17, 15) is 9.90 Å². The van der Waals surface area contributed by atoms with Crippen molar-refractivity contribution in [1.82, 2.24) is 9.97 Å². The van der Waals surface area contributed by atoms with Crippen molar-refractivity contribution in [2.24, 2.45) is 5.92 Å². The Morgan fingerprint density at radius 3 is 2.50 bits per heavy atom. The summed E-state index contributed by atoms with van der Waals surface area (Å²) in [5, 5.41) is 9.58. The Bertz CT molecular complexity index is 816. The van der Waals surface area contributed by atoms with Crippen LogP contribution in [-0.4, -0.2) is 53.1 Å². The predicted octanol–water partition coefficient (Wildman–Crippen LogP) is 2.85. The summed E-state index contributed by atoms with van der Waals surface area (Å²) in [5.74, 6) is 2.14. The first kappa shape index (κ1) is 18.9. The number of aryl methyl sites for hydroxylation is 1. The molecular weight excluding hydrogens is 352 g/mol. The Hall–Kier alpha value is -2.47. The number of carbonyl (C=O) groups excluding carboxylic acids is 1. The monoisotopic (exact) mass is 380 g/mol. The largest absolute Gasteiger partial charge is 0.394 e. The number of benzene rings is 1. The highest BCUT2D eigenvalue weighted by Gasteiger charge is 2.28. The van der Waals surface area contributed by atoms with Gasteiger partial charge in [0.15, 0.2) is 5.78 Å². The number of rotatable bonds is 5. The minimum absolute atomic E-state index is 0.0811. The summed E-state index contributed by atoms with van der Waals surface area (Å²) < 4.78 is 0. The first-order chi connectivity index (χ1) is 13.7. The molecule has 148 valence electrons. The summed E-state index contributed by atoms with van der Waals surface area (Å²) in [6.45, 7) is 4.76. The smallest absolute Gasteiger partial charge is 0.166 e. The van der Waals surface area contributed by atoms with Gasteiger partial charge in [0, 0.05) is 37.2 Å². The van der Waals surface area contributed by atoms with Crippen molar-refractivity contribution < 1.29 is 9.90 Å². The molecule has 2 fully saturated rings. The molecule has 0 amide bonds.